The van der Waals surface area contributed by atoms with E-state index in [2.05, 4.69) is 27.6 Å². The number of aromatic nitrogens is 3. The van der Waals surface area contributed by atoms with Crippen molar-refractivity contribution >= 4 is 17.7 Å². The maximum Gasteiger partial charge on any atom is 0.230 e. The number of thioether (sulfide) groups is 1. The van der Waals surface area contributed by atoms with Crippen molar-refractivity contribution in [3.05, 3.63) is 78.1 Å². The molecule has 1 atom stereocenters. The molecule has 0 spiro atoms. The Kier molecular flexibility index (Phi) is 5.69. The minimum absolute atomic E-state index is 0.0715. The first kappa shape index (κ1) is 17.0. The van der Waals surface area contributed by atoms with Crippen LogP contribution >= 0.6 is 11.8 Å². The first-order valence-corrected chi connectivity index (χ1v) is 8.87. The lowest BCUT2D eigenvalue weighted by atomic mass is 9.99. The van der Waals surface area contributed by atoms with E-state index in [1.54, 1.807) is 0 Å². The quantitative estimate of drug-likeness (QED) is 0.502. The summed E-state index contributed by atoms with van der Waals surface area (Å²) >= 11 is 1.26. The van der Waals surface area contributed by atoms with Crippen LogP contribution in [0.4, 0.5) is 0 Å². The summed E-state index contributed by atoms with van der Waals surface area (Å²) in [7, 11) is 0. The molecule has 0 aliphatic heterocycles. The summed E-state index contributed by atoms with van der Waals surface area (Å²) in [6.07, 6.45) is 2.14. The van der Waals surface area contributed by atoms with Crippen LogP contribution in [-0.2, 0) is 11.2 Å². The summed E-state index contributed by atoms with van der Waals surface area (Å²) < 4.78 is 1.30. The van der Waals surface area contributed by atoms with Crippen LogP contribution in [-0.4, -0.2) is 26.5 Å². The standard InChI is InChI=1S/C18H19N5OS/c19-23-13-20-22-18(23)25-12-17(24)21-16(15-9-5-2-6-10-15)11-14-7-3-1-4-8-14/h1-10,13,16H,11-12,19H2,(H,21,24)/t16-/m1/s1. The van der Waals surface area contributed by atoms with Crippen LogP contribution in [0.5, 0.6) is 0 Å². The molecule has 3 aromatic rings. The molecule has 0 aliphatic carbocycles. The van der Waals surface area contributed by atoms with Gasteiger partial charge in [0.1, 0.15) is 6.33 Å². The highest BCUT2D eigenvalue weighted by Gasteiger charge is 2.16. The Hall–Kier alpha value is -2.80. The molecule has 0 fully saturated rings. The average molecular weight is 353 g/mol. The Balaban J connectivity index is 1.66. The van der Waals surface area contributed by atoms with Crippen LogP contribution < -0.4 is 11.2 Å². The van der Waals surface area contributed by atoms with Gasteiger partial charge in [-0.2, -0.15) is 0 Å². The topological polar surface area (TPSA) is 85.8 Å². The number of nitrogens with one attached hydrogen (secondary N) is 1. The molecule has 7 heteroatoms. The van der Waals surface area contributed by atoms with Crippen molar-refractivity contribution in [3.63, 3.8) is 0 Å². The van der Waals surface area contributed by atoms with E-state index in [1.165, 1.54) is 28.3 Å². The number of hydrogen-bond donors (Lipinski definition) is 2. The number of hydrogen-bond acceptors (Lipinski definition) is 5. The molecule has 25 heavy (non-hydrogen) atoms. The van der Waals surface area contributed by atoms with Gasteiger partial charge in [0, 0.05) is 0 Å². The van der Waals surface area contributed by atoms with E-state index in [9.17, 15) is 4.79 Å². The normalized spacial score (nSPS) is 11.8. The number of benzene rings is 2. The number of amides is 1. The van der Waals surface area contributed by atoms with Gasteiger partial charge in [-0.1, -0.05) is 72.4 Å². The number of rotatable bonds is 7. The Morgan fingerprint density at radius 3 is 2.44 bits per heavy atom. The molecular formula is C18H19N5OS. The minimum atomic E-state index is -0.0903. The number of carbonyl (C=O) groups excluding carboxylic acids is 1. The maximum atomic E-state index is 12.4. The molecule has 6 nitrogen and oxygen atoms in total. The third-order valence-electron chi connectivity index (χ3n) is 3.69. The molecule has 0 unspecified atom stereocenters. The summed E-state index contributed by atoms with van der Waals surface area (Å²) in [6.45, 7) is 0. The fraction of sp³-hybridized carbons (Fsp3) is 0.167. The van der Waals surface area contributed by atoms with Crippen molar-refractivity contribution in [1.29, 1.82) is 0 Å². The minimum Gasteiger partial charge on any atom is -0.348 e. The molecule has 0 radical (unpaired) electrons. The highest BCUT2D eigenvalue weighted by Crippen LogP contribution is 2.19. The van der Waals surface area contributed by atoms with Gasteiger partial charge in [-0.25, -0.2) is 4.68 Å². The fourth-order valence-electron chi connectivity index (χ4n) is 2.49. The second-order valence-electron chi connectivity index (χ2n) is 5.53. The maximum absolute atomic E-state index is 12.4. The van der Waals surface area contributed by atoms with Gasteiger partial charge in [-0.15, -0.1) is 10.2 Å². The van der Waals surface area contributed by atoms with E-state index >= 15 is 0 Å². The lowest BCUT2D eigenvalue weighted by Crippen LogP contribution is -2.31. The number of nitrogen functional groups attached to an aromatic ring is 1. The molecule has 1 heterocycles. The zero-order valence-corrected chi connectivity index (χ0v) is 14.4. The molecule has 3 rings (SSSR count). The zero-order valence-electron chi connectivity index (χ0n) is 13.6. The average Bonchev–Trinajstić information content (AvgIpc) is 3.06. The Bertz CT molecular complexity index is 807. The van der Waals surface area contributed by atoms with Gasteiger partial charge >= 0.3 is 0 Å². The van der Waals surface area contributed by atoms with Crippen molar-refractivity contribution in [2.75, 3.05) is 11.6 Å². The number of carbonyl (C=O) groups is 1. The summed E-state index contributed by atoms with van der Waals surface area (Å²) in [5.41, 5.74) is 2.25. The van der Waals surface area contributed by atoms with Gasteiger partial charge in [-0.3, -0.25) is 4.79 Å². The molecule has 1 aromatic heterocycles. The van der Waals surface area contributed by atoms with Crippen LogP contribution in [0, 0.1) is 0 Å². The van der Waals surface area contributed by atoms with Crippen molar-refractivity contribution in [2.24, 2.45) is 0 Å². The monoisotopic (exact) mass is 353 g/mol. The SMILES string of the molecule is Nn1cnnc1SCC(=O)N[C@H](Cc1ccccc1)c1ccccc1. The molecule has 1 amide bonds. The Labute approximate surface area is 150 Å². The molecule has 0 saturated heterocycles. The van der Waals surface area contributed by atoms with Gasteiger partial charge in [0.05, 0.1) is 11.8 Å². The second-order valence-corrected chi connectivity index (χ2v) is 6.47. The molecule has 128 valence electrons. The van der Waals surface area contributed by atoms with Crippen molar-refractivity contribution in [3.8, 4) is 0 Å². The predicted molar refractivity (Wildman–Crippen MR) is 98.4 cm³/mol. The molecule has 3 N–H and O–H groups in total. The van der Waals surface area contributed by atoms with E-state index in [4.69, 9.17) is 5.84 Å². The van der Waals surface area contributed by atoms with Crippen molar-refractivity contribution in [2.45, 2.75) is 17.6 Å². The van der Waals surface area contributed by atoms with Gasteiger partial charge in [0.25, 0.3) is 0 Å². The summed E-state index contributed by atoms with van der Waals surface area (Å²) in [5.74, 6) is 5.82. The number of nitrogens with two attached hydrogens (primary N) is 1. The first-order valence-electron chi connectivity index (χ1n) is 7.88. The number of nitrogens with zero attached hydrogens (tertiary/aromatic N) is 3. The van der Waals surface area contributed by atoms with Crippen LogP contribution in [0.25, 0.3) is 0 Å². The molecular weight excluding hydrogens is 334 g/mol. The lowest BCUT2D eigenvalue weighted by Gasteiger charge is -2.19. The third-order valence-corrected chi connectivity index (χ3v) is 4.65. The summed E-state index contributed by atoms with van der Waals surface area (Å²) in [5, 5.41) is 11.2. The van der Waals surface area contributed by atoms with Gasteiger partial charge in [0.2, 0.25) is 11.1 Å². The fourth-order valence-corrected chi connectivity index (χ4v) is 3.13. The van der Waals surface area contributed by atoms with Gasteiger partial charge < -0.3 is 11.2 Å². The van der Waals surface area contributed by atoms with Gasteiger partial charge in [-0.05, 0) is 17.5 Å². The van der Waals surface area contributed by atoms with E-state index in [0.29, 0.717) is 5.16 Å². The molecule has 0 saturated carbocycles. The Morgan fingerprint density at radius 1 is 1.12 bits per heavy atom. The highest BCUT2D eigenvalue weighted by molar-refractivity contribution is 7.99. The largest absolute Gasteiger partial charge is 0.348 e. The van der Waals surface area contributed by atoms with Crippen molar-refractivity contribution in [1.82, 2.24) is 20.2 Å². The summed E-state index contributed by atoms with van der Waals surface area (Å²) in [4.78, 5) is 12.4. The van der Waals surface area contributed by atoms with E-state index < -0.39 is 0 Å². The van der Waals surface area contributed by atoms with Crippen molar-refractivity contribution < 1.29 is 4.79 Å². The van der Waals surface area contributed by atoms with Crippen LogP contribution in [0.1, 0.15) is 17.2 Å². The third kappa shape index (κ3) is 4.84. The van der Waals surface area contributed by atoms with Crippen LogP contribution in [0.15, 0.2) is 72.1 Å². The van der Waals surface area contributed by atoms with Gasteiger partial charge in [0.15, 0.2) is 0 Å². The van der Waals surface area contributed by atoms with E-state index in [0.717, 1.165) is 12.0 Å². The molecule has 0 bridgehead atoms. The highest BCUT2D eigenvalue weighted by atomic mass is 32.2. The van der Waals surface area contributed by atoms with Crippen LogP contribution in [0.2, 0.25) is 0 Å². The predicted octanol–water partition coefficient (Wildman–Crippen LogP) is 2.18. The van der Waals surface area contributed by atoms with Crippen LogP contribution in [0.3, 0.4) is 0 Å². The Morgan fingerprint density at radius 2 is 1.80 bits per heavy atom. The zero-order chi connectivity index (χ0) is 17.5. The second kappa shape index (κ2) is 8.34. The first-order chi connectivity index (χ1) is 12.2. The summed E-state index contributed by atoms with van der Waals surface area (Å²) in [6, 6.07) is 20.0. The molecule has 2 aromatic carbocycles. The smallest absolute Gasteiger partial charge is 0.230 e. The lowest BCUT2D eigenvalue weighted by molar-refractivity contribution is -0.119. The van der Waals surface area contributed by atoms with E-state index in [1.807, 2.05) is 48.5 Å². The molecule has 0 aliphatic rings. The van der Waals surface area contributed by atoms with E-state index in [-0.39, 0.29) is 17.7 Å².